The number of hydrogen-bond acceptors (Lipinski definition) is 4. The first-order valence-corrected chi connectivity index (χ1v) is 6.16. The van der Waals surface area contributed by atoms with E-state index in [9.17, 15) is 4.79 Å². The van der Waals surface area contributed by atoms with Gasteiger partial charge in [0, 0.05) is 19.1 Å². The molecule has 2 saturated heterocycles. The van der Waals surface area contributed by atoms with Gasteiger partial charge in [-0.05, 0) is 27.2 Å². The lowest BCUT2D eigenvalue weighted by atomic mass is 9.99. The Bertz CT molecular complexity index is 283. The smallest absolute Gasteiger partial charge is 0.407 e. The van der Waals surface area contributed by atoms with E-state index in [0.29, 0.717) is 12.5 Å². The van der Waals surface area contributed by atoms with E-state index in [-0.39, 0.29) is 18.3 Å². The van der Waals surface area contributed by atoms with Gasteiger partial charge in [-0.3, -0.25) is 0 Å². The fourth-order valence-electron chi connectivity index (χ4n) is 2.06. The van der Waals surface area contributed by atoms with Crippen LogP contribution < -0.4 is 5.32 Å². The number of ether oxygens (including phenoxy) is 3. The van der Waals surface area contributed by atoms with E-state index in [1.165, 1.54) is 0 Å². The summed E-state index contributed by atoms with van der Waals surface area (Å²) in [4.78, 5) is 11.5. The number of carbonyl (C=O) groups is 1. The summed E-state index contributed by atoms with van der Waals surface area (Å²) in [6.45, 7) is 7.70. The van der Waals surface area contributed by atoms with E-state index in [1.807, 2.05) is 20.8 Å². The molecule has 3 atom stereocenters. The molecule has 98 valence electrons. The summed E-state index contributed by atoms with van der Waals surface area (Å²) in [7, 11) is 0. The van der Waals surface area contributed by atoms with Crippen LogP contribution in [0, 0.1) is 5.92 Å². The molecule has 0 aromatic rings. The fraction of sp³-hybridized carbons (Fsp3) is 0.917. The van der Waals surface area contributed by atoms with Crippen molar-refractivity contribution in [3.05, 3.63) is 0 Å². The van der Waals surface area contributed by atoms with Crippen molar-refractivity contribution in [1.29, 1.82) is 0 Å². The minimum Gasteiger partial charge on any atom is -0.444 e. The van der Waals surface area contributed by atoms with Crippen LogP contribution in [0.15, 0.2) is 0 Å². The normalized spacial score (nSPS) is 32.3. The van der Waals surface area contributed by atoms with Crippen molar-refractivity contribution in [2.75, 3.05) is 19.8 Å². The maximum absolute atomic E-state index is 11.5. The van der Waals surface area contributed by atoms with E-state index in [1.54, 1.807) is 0 Å². The lowest BCUT2D eigenvalue weighted by molar-refractivity contribution is 0.0467. The molecule has 0 aromatic heterocycles. The summed E-state index contributed by atoms with van der Waals surface area (Å²) in [6.07, 6.45) is 0.994. The SMILES string of the molecule is CC(C)(C)OC(=O)NC[C@@H]1CCOC1[C@@H]1CO1. The molecule has 17 heavy (non-hydrogen) atoms. The predicted molar refractivity (Wildman–Crippen MR) is 61.8 cm³/mol. The minimum absolute atomic E-state index is 0.143. The Kier molecular flexibility index (Phi) is 3.58. The van der Waals surface area contributed by atoms with Gasteiger partial charge in [-0.15, -0.1) is 0 Å². The van der Waals surface area contributed by atoms with Gasteiger partial charge in [-0.1, -0.05) is 0 Å². The molecule has 2 rings (SSSR count). The van der Waals surface area contributed by atoms with Crippen LogP contribution in [0.1, 0.15) is 27.2 Å². The van der Waals surface area contributed by atoms with Crippen molar-refractivity contribution in [2.45, 2.75) is 45.0 Å². The summed E-state index contributed by atoms with van der Waals surface area (Å²) in [5.41, 5.74) is -0.449. The van der Waals surface area contributed by atoms with Crippen LogP contribution in [-0.2, 0) is 14.2 Å². The van der Waals surface area contributed by atoms with E-state index >= 15 is 0 Å². The van der Waals surface area contributed by atoms with Crippen LogP contribution in [0.25, 0.3) is 0 Å². The average Bonchev–Trinajstić information content (AvgIpc) is 2.92. The maximum Gasteiger partial charge on any atom is 0.407 e. The van der Waals surface area contributed by atoms with Crippen molar-refractivity contribution in [2.24, 2.45) is 5.92 Å². The average molecular weight is 243 g/mol. The maximum atomic E-state index is 11.5. The largest absolute Gasteiger partial charge is 0.444 e. The molecule has 0 bridgehead atoms. The fourth-order valence-corrected chi connectivity index (χ4v) is 2.06. The van der Waals surface area contributed by atoms with Gasteiger partial charge < -0.3 is 19.5 Å². The van der Waals surface area contributed by atoms with Gasteiger partial charge in [0.25, 0.3) is 0 Å². The first kappa shape index (κ1) is 12.6. The molecule has 2 aliphatic rings. The van der Waals surface area contributed by atoms with Crippen LogP contribution in [0.4, 0.5) is 4.79 Å². The molecule has 5 heteroatoms. The highest BCUT2D eigenvalue weighted by molar-refractivity contribution is 5.67. The van der Waals surface area contributed by atoms with Crippen molar-refractivity contribution < 1.29 is 19.0 Å². The third kappa shape index (κ3) is 3.85. The highest BCUT2D eigenvalue weighted by Crippen LogP contribution is 2.30. The third-order valence-corrected chi connectivity index (χ3v) is 2.90. The zero-order valence-electron chi connectivity index (χ0n) is 10.7. The zero-order chi connectivity index (χ0) is 12.5. The quantitative estimate of drug-likeness (QED) is 0.759. The predicted octanol–water partition coefficient (Wildman–Crippen LogP) is 1.31. The summed E-state index contributed by atoms with van der Waals surface area (Å²) in [6, 6.07) is 0. The molecule has 0 aromatic carbocycles. The van der Waals surface area contributed by atoms with Gasteiger partial charge in [-0.2, -0.15) is 0 Å². The number of rotatable bonds is 3. The Morgan fingerprint density at radius 1 is 1.41 bits per heavy atom. The molecule has 0 aliphatic carbocycles. The first-order chi connectivity index (χ1) is 7.96. The number of alkyl carbamates (subject to hydrolysis) is 1. The van der Waals surface area contributed by atoms with Crippen LogP contribution in [0.3, 0.4) is 0 Å². The molecular formula is C12H21NO4. The number of epoxide rings is 1. The standard InChI is InChI=1S/C12H21NO4/c1-12(2,3)17-11(14)13-6-8-4-5-15-10(8)9-7-16-9/h8-10H,4-7H2,1-3H3,(H,13,14)/t8-,9-,10?/m0/s1. The van der Waals surface area contributed by atoms with E-state index in [0.717, 1.165) is 19.6 Å². The Balaban J connectivity index is 1.72. The van der Waals surface area contributed by atoms with Crippen molar-refractivity contribution in [3.63, 3.8) is 0 Å². The highest BCUT2D eigenvalue weighted by atomic mass is 16.6. The number of nitrogens with one attached hydrogen (secondary N) is 1. The molecule has 1 N–H and O–H groups in total. The summed E-state index contributed by atoms with van der Waals surface area (Å²) in [5.74, 6) is 0.343. The van der Waals surface area contributed by atoms with Crippen LogP contribution in [-0.4, -0.2) is 43.7 Å². The zero-order valence-corrected chi connectivity index (χ0v) is 10.7. The molecule has 2 fully saturated rings. The van der Waals surface area contributed by atoms with Crippen molar-refractivity contribution in [3.8, 4) is 0 Å². The Hall–Kier alpha value is -0.810. The van der Waals surface area contributed by atoms with Gasteiger partial charge >= 0.3 is 6.09 Å². The second-order valence-corrected chi connectivity index (χ2v) is 5.64. The third-order valence-electron chi connectivity index (χ3n) is 2.90. The molecule has 0 saturated carbocycles. The lowest BCUT2D eigenvalue weighted by Gasteiger charge is -2.21. The summed E-state index contributed by atoms with van der Waals surface area (Å²) in [5, 5.41) is 2.80. The molecule has 2 heterocycles. The topological polar surface area (TPSA) is 60.1 Å². The van der Waals surface area contributed by atoms with Gasteiger partial charge in [0.05, 0.1) is 12.7 Å². The van der Waals surface area contributed by atoms with Crippen LogP contribution in [0.2, 0.25) is 0 Å². The molecule has 2 aliphatic heterocycles. The second-order valence-electron chi connectivity index (χ2n) is 5.64. The summed E-state index contributed by atoms with van der Waals surface area (Å²) >= 11 is 0. The van der Waals surface area contributed by atoms with Gasteiger partial charge in [0.15, 0.2) is 0 Å². The van der Waals surface area contributed by atoms with Gasteiger partial charge in [0.1, 0.15) is 11.7 Å². The Morgan fingerprint density at radius 2 is 2.12 bits per heavy atom. The van der Waals surface area contributed by atoms with E-state index in [2.05, 4.69) is 5.32 Å². The molecule has 1 amide bonds. The number of carbonyl (C=O) groups excluding carboxylic acids is 1. The second kappa shape index (κ2) is 4.82. The Labute approximate surface area is 102 Å². The van der Waals surface area contributed by atoms with E-state index in [4.69, 9.17) is 14.2 Å². The van der Waals surface area contributed by atoms with Crippen molar-refractivity contribution >= 4 is 6.09 Å². The van der Waals surface area contributed by atoms with Crippen LogP contribution >= 0.6 is 0 Å². The molecule has 1 unspecified atom stereocenters. The monoisotopic (exact) mass is 243 g/mol. The summed E-state index contributed by atoms with van der Waals surface area (Å²) < 4.78 is 16.0. The van der Waals surface area contributed by atoms with Crippen LogP contribution in [0.5, 0.6) is 0 Å². The Morgan fingerprint density at radius 3 is 2.71 bits per heavy atom. The van der Waals surface area contributed by atoms with Gasteiger partial charge in [-0.25, -0.2) is 4.79 Å². The molecule has 0 radical (unpaired) electrons. The molecule has 5 nitrogen and oxygen atoms in total. The van der Waals surface area contributed by atoms with E-state index < -0.39 is 5.60 Å². The minimum atomic E-state index is -0.449. The highest BCUT2D eigenvalue weighted by Gasteiger charge is 2.42. The van der Waals surface area contributed by atoms with Gasteiger partial charge in [0.2, 0.25) is 0 Å². The first-order valence-electron chi connectivity index (χ1n) is 6.16. The molecule has 0 spiro atoms. The number of amides is 1. The number of hydrogen-bond donors (Lipinski definition) is 1. The lowest BCUT2D eigenvalue weighted by Crippen LogP contribution is -2.38. The molecular weight excluding hydrogens is 222 g/mol. The van der Waals surface area contributed by atoms with Crippen molar-refractivity contribution in [1.82, 2.24) is 5.32 Å².